The molecule has 0 aliphatic carbocycles. The van der Waals surface area contributed by atoms with Crippen molar-refractivity contribution in [2.75, 3.05) is 13.1 Å². The molecule has 1 aromatic rings. The lowest BCUT2D eigenvalue weighted by molar-refractivity contribution is 0.0948. The number of halogens is 1. The van der Waals surface area contributed by atoms with Crippen molar-refractivity contribution in [1.82, 2.24) is 5.32 Å². The van der Waals surface area contributed by atoms with Crippen LogP contribution in [-0.2, 0) is 0 Å². The van der Waals surface area contributed by atoms with Crippen LogP contribution in [0.4, 0.5) is 0 Å². The molecule has 3 N–H and O–H groups in total. The molecule has 0 spiro atoms. The van der Waals surface area contributed by atoms with Gasteiger partial charge in [0.05, 0.1) is 0 Å². The van der Waals surface area contributed by atoms with Crippen molar-refractivity contribution < 1.29 is 4.79 Å². The minimum atomic E-state index is -0.0200. The Kier molecular flexibility index (Phi) is 6.77. The Morgan fingerprint density at radius 2 is 2.06 bits per heavy atom. The van der Waals surface area contributed by atoms with E-state index in [2.05, 4.69) is 5.32 Å². The fraction of sp³-hybridized carbons (Fsp3) is 0.417. The average molecular weight is 243 g/mol. The van der Waals surface area contributed by atoms with Crippen LogP contribution in [0.3, 0.4) is 0 Å². The summed E-state index contributed by atoms with van der Waals surface area (Å²) in [6.45, 7) is 5.16. The Labute approximate surface area is 103 Å². The lowest BCUT2D eigenvalue weighted by atomic mass is 10.1. The predicted molar refractivity (Wildman–Crippen MR) is 69.0 cm³/mol. The summed E-state index contributed by atoms with van der Waals surface area (Å²) in [6.07, 6.45) is 0. The summed E-state index contributed by atoms with van der Waals surface area (Å²) in [5, 5.41) is 2.87. The number of nitrogens with one attached hydrogen (secondary N) is 1. The number of benzene rings is 1. The smallest absolute Gasteiger partial charge is 0.251 e. The third kappa shape index (κ3) is 4.21. The minimum Gasteiger partial charge on any atom is -0.352 e. The maximum atomic E-state index is 11.7. The maximum absolute atomic E-state index is 11.7. The molecule has 1 amide bonds. The van der Waals surface area contributed by atoms with E-state index in [1.807, 2.05) is 38.1 Å². The summed E-state index contributed by atoms with van der Waals surface area (Å²) in [6, 6.07) is 7.56. The van der Waals surface area contributed by atoms with Crippen LogP contribution in [0.25, 0.3) is 0 Å². The summed E-state index contributed by atoms with van der Waals surface area (Å²) in [5.41, 5.74) is 7.21. The molecule has 0 aliphatic rings. The molecule has 1 unspecified atom stereocenters. The molecule has 90 valence electrons. The molecule has 1 atom stereocenters. The molecule has 0 radical (unpaired) electrons. The van der Waals surface area contributed by atoms with Crippen molar-refractivity contribution >= 4 is 18.3 Å². The van der Waals surface area contributed by atoms with Gasteiger partial charge in [-0.25, -0.2) is 0 Å². The van der Waals surface area contributed by atoms with Crippen molar-refractivity contribution in [2.45, 2.75) is 13.8 Å². The zero-order valence-corrected chi connectivity index (χ0v) is 10.5. The summed E-state index contributed by atoms with van der Waals surface area (Å²) in [5.74, 6) is 0.298. The number of carbonyl (C=O) groups is 1. The van der Waals surface area contributed by atoms with E-state index >= 15 is 0 Å². The summed E-state index contributed by atoms with van der Waals surface area (Å²) >= 11 is 0. The number of carbonyl (C=O) groups excluding carboxylic acids is 1. The lowest BCUT2D eigenvalue weighted by Crippen LogP contribution is -2.31. The fourth-order valence-electron chi connectivity index (χ4n) is 1.27. The van der Waals surface area contributed by atoms with Crippen molar-refractivity contribution in [3.05, 3.63) is 35.4 Å². The molecule has 0 aliphatic heterocycles. The quantitative estimate of drug-likeness (QED) is 0.845. The summed E-state index contributed by atoms with van der Waals surface area (Å²) in [4.78, 5) is 11.7. The van der Waals surface area contributed by atoms with Crippen molar-refractivity contribution in [1.29, 1.82) is 0 Å². The lowest BCUT2D eigenvalue weighted by Gasteiger charge is -2.11. The van der Waals surface area contributed by atoms with Crippen LogP contribution in [0.2, 0.25) is 0 Å². The van der Waals surface area contributed by atoms with Crippen molar-refractivity contribution in [3.63, 3.8) is 0 Å². The highest BCUT2D eigenvalue weighted by atomic mass is 35.5. The second-order valence-corrected chi connectivity index (χ2v) is 3.87. The van der Waals surface area contributed by atoms with Gasteiger partial charge in [0, 0.05) is 12.1 Å². The van der Waals surface area contributed by atoms with Gasteiger partial charge >= 0.3 is 0 Å². The van der Waals surface area contributed by atoms with Gasteiger partial charge in [0.2, 0.25) is 0 Å². The van der Waals surface area contributed by atoms with Crippen LogP contribution < -0.4 is 11.1 Å². The number of rotatable bonds is 4. The number of aryl methyl sites for hydroxylation is 1. The van der Waals surface area contributed by atoms with Crippen molar-refractivity contribution in [3.8, 4) is 0 Å². The Bertz CT molecular complexity index is 342. The topological polar surface area (TPSA) is 55.1 Å². The zero-order valence-electron chi connectivity index (χ0n) is 9.69. The van der Waals surface area contributed by atoms with Crippen LogP contribution in [0, 0.1) is 12.8 Å². The minimum absolute atomic E-state index is 0. The van der Waals surface area contributed by atoms with E-state index in [0.29, 0.717) is 19.0 Å². The van der Waals surface area contributed by atoms with E-state index in [0.717, 1.165) is 11.1 Å². The van der Waals surface area contributed by atoms with Gasteiger partial charge in [-0.1, -0.05) is 25.1 Å². The van der Waals surface area contributed by atoms with E-state index in [1.165, 1.54) is 0 Å². The zero-order chi connectivity index (χ0) is 11.3. The van der Waals surface area contributed by atoms with Crippen LogP contribution >= 0.6 is 12.4 Å². The second-order valence-electron chi connectivity index (χ2n) is 3.87. The van der Waals surface area contributed by atoms with Crippen molar-refractivity contribution in [2.24, 2.45) is 11.7 Å². The number of hydrogen-bond donors (Lipinski definition) is 2. The van der Waals surface area contributed by atoms with Gasteiger partial charge in [-0.3, -0.25) is 4.79 Å². The van der Waals surface area contributed by atoms with E-state index in [9.17, 15) is 4.79 Å². The van der Waals surface area contributed by atoms with Gasteiger partial charge in [-0.2, -0.15) is 0 Å². The van der Waals surface area contributed by atoms with Crippen LogP contribution in [0.15, 0.2) is 24.3 Å². The molecule has 0 fully saturated rings. The molecule has 0 heterocycles. The monoisotopic (exact) mass is 242 g/mol. The fourth-order valence-corrected chi connectivity index (χ4v) is 1.27. The molecule has 4 heteroatoms. The SMILES string of the molecule is Cc1ccccc1C(=O)NCC(C)CN.Cl. The largest absolute Gasteiger partial charge is 0.352 e. The summed E-state index contributed by atoms with van der Waals surface area (Å²) < 4.78 is 0. The standard InChI is InChI=1S/C12H18N2O.ClH/c1-9(7-13)8-14-12(15)11-6-4-3-5-10(11)2;/h3-6,9H,7-8,13H2,1-2H3,(H,14,15);1H. The third-order valence-corrected chi connectivity index (χ3v) is 2.40. The molecule has 1 rings (SSSR count). The van der Waals surface area contributed by atoms with Gasteiger partial charge in [0.25, 0.3) is 5.91 Å². The molecule has 1 aromatic carbocycles. The van der Waals surface area contributed by atoms with Gasteiger partial charge < -0.3 is 11.1 Å². The molecule has 3 nitrogen and oxygen atoms in total. The molecule has 0 aromatic heterocycles. The molecule has 0 saturated carbocycles. The Balaban J connectivity index is 0.00000225. The van der Waals surface area contributed by atoms with Gasteiger partial charge in [-0.05, 0) is 31.0 Å². The molecular formula is C12H19ClN2O. The number of hydrogen-bond acceptors (Lipinski definition) is 2. The molecule has 0 saturated heterocycles. The van der Waals surface area contributed by atoms with Gasteiger partial charge in [0.15, 0.2) is 0 Å². The predicted octanol–water partition coefficient (Wildman–Crippen LogP) is 1.74. The summed E-state index contributed by atoms with van der Waals surface area (Å²) in [7, 11) is 0. The Hall–Kier alpha value is -1.06. The first kappa shape index (κ1) is 14.9. The normalized spacial score (nSPS) is 11.4. The first-order chi connectivity index (χ1) is 7.15. The van der Waals surface area contributed by atoms with Gasteiger partial charge in [0.1, 0.15) is 0 Å². The number of nitrogens with two attached hydrogens (primary N) is 1. The Morgan fingerprint density at radius 3 is 2.62 bits per heavy atom. The molecule has 16 heavy (non-hydrogen) atoms. The van der Waals surface area contributed by atoms with E-state index in [1.54, 1.807) is 0 Å². The number of amides is 1. The van der Waals surface area contributed by atoms with Gasteiger partial charge in [-0.15, -0.1) is 12.4 Å². The second kappa shape index (κ2) is 7.25. The maximum Gasteiger partial charge on any atom is 0.251 e. The van der Waals surface area contributed by atoms with Crippen LogP contribution in [0.5, 0.6) is 0 Å². The van der Waals surface area contributed by atoms with Crippen LogP contribution in [-0.4, -0.2) is 19.0 Å². The highest BCUT2D eigenvalue weighted by Gasteiger charge is 2.08. The van der Waals surface area contributed by atoms with E-state index in [4.69, 9.17) is 5.73 Å². The van der Waals surface area contributed by atoms with Crippen LogP contribution in [0.1, 0.15) is 22.8 Å². The highest BCUT2D eigenvalue weighted by Crippen LogP contribution is 2.06. The van der Waals surface area contributed by atoms with E-state index in [-0.39, 0.29) is 18.3 Å². The highest BCUT2D eigenvalue weighted by molar-refractivity contribution is 5.95. The first-order valence-electron chi connectivity index (χ1n) is 5.19. The Morgan fingerprint density at radius 1 is 1.44 bits per heavy atom. The third-order valence-electron chi connectivity index (χ3n) is 2.40. The average Bonchev–Trinajstić information content (AvgIpc) is 2.26. The first-order valence-corrected chi connectivity index (χ1v) is 5.19. The van der Waals surface area contributed by atoms with E-state index < -0.39 is 0 Å². The molecular weight excluding hydrogens is 224 g/mol. The molecule has 0 bridgehead atoms.